The Morgan fingerprint density at radius 2 is 1.94 bits per heavy atom. The van der Waals surface area contributed by atoms with E-state index < -0.39 is 0 Å². The summed E-state index contributed by atoms with van der Waals surface area (Å²) in [4.78, 5) is 8.72. The minimum atomic E-state index is 0.693. The lowest BCUT2D eigenvalue weighted by atomic mass is 10.0. The maximum Gasteiger partial charge on any atom is 0.0732 e. The Hall–Kier alpha value is -2.42. The maximum atomic E-state index is 5.72. The summed E-state index contributed by atoms with van der Waals surface area (Å²) in [7, 11) is 0. The maximum absolute atomic E-state index is 5.72. The van der Waals surface area contributed by atoms with E-state index in [4.69, 9.17) is 5.73 Å². The molecule has 3 nitrogen and oxygen atoms in total. The van der Waals surface area contributed by atoms with E-state index in [0.29, 0.717) is 5.69 Å². The standard InChI is InChI=1S/C15H13N3/c1-10-7-13(16)9-18-15(10)12-4-5-14-11(8-12)3-2-6-17-14/h2-9H,16H2,1H3. The summed E-state index contributed by atoms with van der Waals surface area (Å²) in [6, 6.07) is 12.1. The molecule has 1 aromatic carbocycles. The molecule has 0 saturated carbocycles. The van der Waals surface area contributed by atoms with Crippen LogP contribution in [0.3, 0.4) is 0 Å². The van der Waals surface area contributed by atoms with Crippen LogP contribution in [0.5, 0.6) is 0 Å². The summed E-state index contributed by atoms with van der Waals surface area (Å²) < 4.78 is 0. The van der Waals surface area contributed by atoms with Gasteiger partial charge >= 0.3 is 0 Å². The summed E-state index contributed by atoms with van der Waals surface area (Å²) in [6.07, 6.45) is 3.49. The number of rotatable bonds is 1. The highest BCUT2D eigenvalue weighted by molar-refractivity contribution is 5.84. The third kappa shape index (κ3) is 1.80. The number of pyridine rings is 2. The number of fused-ring (bicyclic) bond motifs is 1. The van der Waals surface area contributed by atoms with Crippen molar-refractivity contribution in [2.24, 2.45) is 0 Å². The van der Waals surface area contributed by atoms with Crippen molar-refractivity contribution in [1.29, 1.82) is 0 Å². The van der Waals surface area contributed by atoms with Gasteiger partial charge in [0, 0.05) is 17.1 Å². The molecule has 2 N–H and O–H groups in total. The van der Waals surface area contributed by atoms with Crippen molar-refractivity contribution in [1.82, 2.24) is 9.97 Å². The van der Waals surface area contributed by atoms with Gasteiger partial charge in [-0.05, 0) is 36.8 Å². The minimum absolute atomic E-state index is 0.693. The Kier molecular flexibility index (Phi) is 2.45. The number of benzene rings is 1. The highest BCUT2D eigenvalue weighted by atomic mass is 14.7. The fourth-order valence-electron chi connectivity index (χ4n) is 2.12. The summed E-state index contributed by atoms with van der Waals surface area (Å²) >= 11 is 0. The van der Waals surface area contributed by atoms with Crippen LogP contribution in [0.2, 0.25) is 0 Å². The zero-order valence-electron chi connectivity index (χ0n) is 10.1. The van der Waals surface area contributed by atoms with Crippen molar-refractivity contribution < 1.29 is 0 Å². The van der Waals surface area contributed by atoms with Gasteiger partial charge in [0.25, 0.3) is 0 Å². The Bertz CT molecular complexity index is 720. The van der Waals surface area contributed by atoms with Crippen LogP contribution >= 0.6 is 0 Å². The van der Waals surface area contributed by atoms with Gasteiger partial charge in [-0.1, -0.05) is 12.1 Å². The van der Waals surface area contributed by atoms with Crippen LogP contribution in [0.1, 0.15) is 5.56 Å². The van der Waals surface area contributed by atoms with Crippen molar-refractivity contribution in [3.63, 3.8) is 0 Å². The van der Waals surface area contributed by atoms with Crippen molar-refractivity contribution in [3.8, 4) is 11.3 Å². The van der Waals surface area contributed by atoms with E-state index in [1.807, 2.05) is 31.2 Å². The molecule has 0 radical (unpaired) electrons. The SMILES string of the molecule is Cc1cc(N)cnc1-c1ccc2ncccc2c1. The fourth-order valence-corrected chi connectivity index (χ4v) is 2.12. The summed E-state index contributed by atoms with van der Waals surface area (Å²) in [5.74, 6) is 0. The number of nitrogens with zero attached hydrogens (tertiary/aromatic N) is 2. The molecule has 3 heteroatoms. The zero-order valence-corrected chi connectivity index (χ0v) is 10.1. The minimum Gasteiger partial charge on any atom is -0.397 e. The Morgan fingerprint density at radius 3 is 2.78 bits per heavy atom. The van der Waals surface area contributed by atoms with Crippen molar-refractivity contribution >= 4 is 16.6 Å². The molecule has 0 unspecified atom stereocenters. The second-order valence-electron chi connectivity index (χ2n) is 4.35. The molecule has 0 aliphatic carbocycles. The smallest absolute Gasteiger partial charge is 0.0732 e. The molecule has 0 aliphatic heterocycles. The molecule has 0 spiro atoms. The summed E-state index contributed by atoms with van der Waals surface area (Å²) in [6.45, 7) is 2.02. The van der Waals surface area contributed by atoms with Gasteiger partial charge in [0.05, 0.1) is 23.1 Å². The van der Waals surface area contributed by atoms with Gasteiger partial charge < -0.3 is 5.73 Å². The quantitative estimate of drug-likeness (QED) is 0.704. The lowest BCUT2D eigenvalue weighted by Crippen LogP contribution is -1.92. The molecular formula is C15H13N3. The zero-order chi connectivity index (χ0) is 12.5. The number of aromatic nitrogens is 2. The topological polar surface area (TPSA) is 51.8 Å². The molecule has 0 fully saturated rings. The van der Waals surface area contributed by atoms with Crippen LogP contribution in [-0.4, -0.2) is 9.97 Å². The molecule has 2 heterocycles. The Labute approximate surface area is 105 Å². The van der Waals surface area contributed by atoms with Crippen molar-refractivity contribution in [2.45, 2.75) is 6.92 Å². The Balaban J connectivity index is 2.19. The van der Waals surface area contributed by atoms with E-state index >= 15 is 0 Å². The first kappa shape index (κ1) is 10.7. The van der Waals surface area contributed by atoms with Gasteiger partial charge in [0.2, 0.25) is 0 Å². The second kappa shape index (κ2) is 4.11. The molecule has 0 saturated heterocycles. The summed E-state index contributed by atoms with van der Waals surface area (Å²) in [5.41, 5.74) is 10.6. The van der Waals surface area contributed by atoms with Gasteiger partial charge in [-0.3, -0.25) is 9.97 Å². The second-order valence-corrected chi connectivity index (χ2v) is 4.35. The van der Waals surface area contributed by atoms with E-state index in [0.717, 1.165) is 27.7 Å². The van der Waals surface area contributed by atoms with Crippen molar-refractivity contribution in [3.05, 3.63) is 54.4 Å². The average molecular weight is 235 g/mol. The van der Waals surface area contributed by atoms with Crippen LogP contribution in [-0.2, 0) is 0 Å². The lowest BCUT2D eigenvalue weighted by Gasteiger charge is -2.07. The first-order valence-electron chi connectivity index (χ1n) is 5.81. The van der Waals surface area contributed by atoms with Crippen LogP contribution in [0.15, 0.2) is 48.8 Å². The van der Waals surface area contributed by atoms with Gasteiger partial charge in [0.15, 0.2) is 0 Å². The normalized spacial score (nSPS) is 10.7. The molecule has 3 rings (SSSR count). The molecule has 0 atom stereocenters. The predicted molar refractivity (Wildman–Crippen MR) is 74.1 cm³/mol. The number of nitrogens with two attached hydrogens (primary N) is 1. The van der Waals surface area contributed by atoms with Gasteiger partial charge in [-0.15, -0.1) is 0 Å². The van der Waals surface area contributed by atoms with Crippen LogP contribution in [0.25, 0.3) is 22.2 Å². The number of anilines is 1. The summed E-state index contributed by atoms with van der Waals surface area (Å²) in [5, 5.41) is 1.12. The van der Waals surface area contributed by atoms with Crippen LogP contribution < -0.4 is 5.73 Å². The van der Waals surface area contributed by atoms with E-state index in [9.17, 15) is 0 Å². The number of hydrogen-bond donors (Lipinski definition) is 1. The predicted octanol–water partition coefficient (Wildman–Crippen LogP) is 3.19. The first-order chi connectivity index (χ1) is 8.74. The van der Waals surface area contributed by atoms with E-state index in [1.54, 1.807) is 12.4 Å². The monoisotopic (exact) mass is 235 g/mol. The molecular weight excluding hydrogens is 222 g/mol. The molecule has 2 aromatic heterocycles. The molecule has 18 heavy (non-hydrogen) atoms. The highest BCUT2D eigenvalue weighted by Crippen LogP contribution is 2.25. The number of nitrogen functional groups attached to an aromatic ring is 1. The van der Waals surface area contributed by atoms with Crippen LogP contribution in [0.4, 0.5) is 5.69 Å². The fraction of sp³-hybridized carbons (Fsp3) is 0.0667. The van der Waals surface area contributed by atoms with E-state index in [-0.39, 0.29) is 0 Å². The largest absolute Gasteiger partial charge is 0.397 e. The first-order valence-corrected chi connectivity index (χ1v) is 5.81. The Morgan fingerprint density at radius 1 is 1.06 bits per heavy atom. The van der Waals surface area contributed by atoms with Crippen molar-refractivity contribution in [2.75, 3.05) is 5.73 Å². The third-order valence-electron chi connectivity index (χ3n) is 2.98. The molecule has 88 valence electrons. The number of hydrogen-bond acceptors (Lipinski definition) is 3. The lowest BCUT2D eigenvalue weighted by molar-refractivity contribution is 1.27. The highest BCUT2D eigenvalue weighted by Gasteiger charge is 2.05. The molecule has 3 aromatic rings. The molecule has 0 bridgehead atoms. The van der Waals surface area contributed by atoms with Gasteiger partial charge in [0.1, 0.15) is 0 Å². The van der Waals surface area contributed by atoms with E-state index in [2.05, 4.69) is 22.1 Å². The average Bonchev–Trinajstić information content (AvgIpc) is 2.38. The molecule has 0 aliphatic rings. The van der Waals surface area contributed by atoms with Crippen LogP contribution in [0, 0.1) is 6.92 Å². The van der Waals surface area contributed by atoms with Gasteiger partial charge in [-0.2, -0.15) is 0 Å². The van der Waals surface area contributed by atoms with E-state index in [1.165, 1.54) is 0 Å². The third-order valence-corrected chi connectivity index (χ3v) is 2.98. The van der Waals surface area contributed by atoms with Gasteiger partial charge in [-0.25, -0.2) is 0 Å². The number of aryl methyl sites for hydroxylation is 1. The molecule has 0 amide bonds.